The van der Waals surface area contributed by atoms with Crippen LogP contribution < -0.4 is 4.90 Å². The summed E-state index contributed by atoms with van der Waals surface area (Å²) in [4.78, 5) is 13.0. The van der Waals surface area contributed by atoms with E-state index >= 15 is 0 Å². The van der Waals surface area contributed by atoms with Crippen LogP contribution in [0.4, 0.5) is 5.82 Å². The van der Waals surface area contributed by atoms with Gasteiger partial charge in [0.15, 0.2) is 0 Å². The molecule has 0 unspecified atom stereocenters. The predicted octanol–water partition coefficient (Wildman–Crippen LogP) is 0.234. The van der Waals surface area contributed by atoms with E-state index in [-0.39, 0.29) is 0 Å². The molecule has 1 saturated heterocycles. The van der Waals surface area contributed by atoms with Gasteiger partial charge in [0, 0.05) is 38.6 Å². The van der Waals surface area contributed by atoms with Crippen LogP contribution in [0.5, 0.6) is 0 Å². The van der Waals surface area contributed by atoms with Crippen LogP contribution in [0.2, 0.25) is 0 Å². The van der Waals surface area contributed by atoms with E-state index in [1.165, 1.54) is 0 Å². The summed E-state index contributed by atoms with van der Waals surface area (Å²) in [6, 6.07) is 0.522. The summed E-state index contributed by atoms with van der Waals surface area (Å²) >= 11 is 0. The van der Waals surface area contributed by atoms with Gasteiger partial charge in [0.2, 0.25) is 0 Å². The number of hydrogen-bond donors (Lipinski definition) is 0. The number of anilines is 1. The summed E-state index contributed by atoms with van der Waals surface area (Å²) in [5, 5.41) is 8.30. The van der Waals surface area contributed by atoms with Crippen LogP contribution in [-0.2, 0) is 13.6 Å². The van der Waals surface area contributed by atoms with Crippen molar-refractivity contribution < 1.29 is 0 Å². The molecule has 0 bridgehead atoms. The van der Waals surface area contributed by atoms with Crippen LogP contribution in [0.15, 0.2) is 18.6 Å². The molecule has 0 N–H and O–H groups in total. The smallest absolute Gasteiger partial charge is 0.147 e. The van der Waals surface area contributed by atoms with E-state index in [1.54, 1.807) is 12.4 Å². The molecule has 7 nitrogen and oxygen atoms in total. The molecule has 0 aliphatic carbocycles. The molecule has 106 valence electrons. The van der Waals surface area contributed by atoms with Gasteiger partial charge in [-0.25, -0.2) is 4.98 Å². The number of rotatable bonds is 4. The molecule has 1 aliphatic heterocycles. The summed E-state index contributed by atoms with van der Waals surface area (Å²) in [5.41, 5.74) is 0. The highest BCUT2D eigenvalue weighted by molar-refractivity contribution is 5.39. The minimum absolute atomic E-state index is 0.522. The second-order valence-corrected chi connectivity index (χ2v) is 5.26. The van der Waals surface area contributed by atoms with Crippen molar-refractivity contribution in [2.75, 3.05) is 25.0 Å². The van der Waals surface area contributed by atoms with Crippen molar-refractivity contribution in [3.63, 3.8) is 0 Å². The SMILES string of the molecule is Cc1nnc(CN(C)C2CN(c3cnccn3)C2)n1C. The van der Waals surface area contributed by atoms with Gasteiger partial charge < -0.3 is 9.47 Å². The molecule has 0 atom stereocenters. The Balaban J connectivity index is 1.56. The molecule has 1 aliphatic rings. The second kappa shape index (κ2) is 5.16. The van der Waals surface area contributed by atoms with E-state index in [1.807, 2.05) is 24.7 Å². The summed E-state index contributed by atoms with van der Waals surface area (Å²) in [6.45, 7) is 4.74. The Morgan fingerprint density at radius 2 is 2.10 bits per heavy atom. The highest BCUT2D eigenvalue weighted by atomic mass is 15.4. The van der Waals surface area contributed by atoms with Crippen molar-refractivity contribution in [3.8, 4) is 0 Å². The molecule has 20 heavy (non-hydrogen) atoms. The van der Waals surface area contributed by atoms with E-state index in [0.29, 0.717) is 6.04 Å². The molecule has 7 heteroatoms. The van der Waals surface area contributed by atoms with Gasteiger partial charge in [-0.05, 0) is 14.0 Å². The molecule has 0 saturated carbocycles. The molecule has 0 spiro atoms. The molecule has 0 aromatic carbocycles. The molecule has 3 rings (SSSR count). The average molecular weight is 273 g/mol. The van der Waals surface area contributed by atoms with Gasteiger partial charge in [-0.2, -0.15) is 0 Å². The first-order valence-corrected chi connectivity index (χ1v) is 6.71. The molecule has 1 fully saturated rings. The summed E-state index contributed by atoms with van der Waals surface area (Å²) < 4.78 is 2.04. The van der Waals surface area contributed by atoms with Gasteiger partial charge in [0.05, 0.1) is 12.7 Å². The number of likely N-dealkylation sites (N-methyl/N-ethyl adjacent to an activating group) is 1. The van der Waals surface area contributed by atoms with Crippen LogP contribution in [0, 0.1) is 6.92 Å². The Morgan fingerprint density at radius 1 is 1.30 bits per heavy atom. The molecule has 2 aromatic heterocycles. The molecule has 3 heterocycles. The minimum Gasteiger partial charge on any atom is -0.352 e. The Labute approximate surface area is 118 Å². The van der Waals surface area contributed by atoms with Crippen LogP contribution in [-0.4, -0.2) is 55.8 Å². The predicted molar refractivity (Wildman–Crippen MR) is 75.2 cm³/mol. The number of hydrogen-bond acceptors (Lipinski definition) is 6. The summed E-state index contributed by atoms with van der Waals surface area (Å²) in [5.74, 6) is 2.90. The lowest BCUT2D eigenvalue weighted by molar-refractivity contribution is 0.190. The van der Waals surface area contributed by atoms with Crippen molar-refractivity contribution in [2.24, 2.45) is 7.05 Å². The van der Waals surface area contributed by atoms with Crippen LogP contribution in [0.3, 0.4) is 0 Å². The second-order valence-electron chi connectivity index (χ2n) is 5.26. The maximum Gasteiger partial charge on any atom is 0.147 e. The zero-order valence-corrected chi connectivity index (χ0v) is 12.1. The van der Waals surface area contributed by atoms with Crippen molar-refractivity contribution in [1.29, 1.82) is 0 Å². The van der Waals surface area contributed by atoms with Crippen LogP contribution >= 0.6 is 0 Å². The maximum atomic E-state index is 4.31. The van der Waals surface area contributed by atoms with Gasteiger partial charge in [-0.3, -0.25) is 9.88 Å². The Morgan fingerprint density at radius 3 is 2.70 bits per heavy atom. The molecular formula is C13H19N7. The number of aromatic nitrogens is 5. The third-order valence-electron chi connectivity index (χ3n) is 3.93. The first kappa shape index (κ1) is 13.0. The molecule has 0 radical (unpaired) electrons. The van der Waals surface area contributed by atoms with Gasteiger partial charge in [0.25, 0.3) is 0 Å². The quantitative estimate of drug-likeness (QED) is 0.795. The third kappa shape index (κ3) is 2.36. The van der Waals surface area contributed by atoms with E-state index in [0.717, 1.165) is 37.1 Å². The first-order valence-electron chi connectivity index (χ1n) is 6.71. The average Bonchev–Trinajstić information content (AvgIpc) is 2.70. The van der Waals surface area contributed by atoms with Crippen molar-refractivity contribution in [2.45, 2.75) is 19.5 Å². The standard InChI is InChI=1S/C13H19N7/c1-10-16-17-13(19(10)3)9-18(2)11-7-20(8-11)12-6-14-4-5-15-12/h4-6,11H,7-9H2,1-3H3. The zero-order valence-electron chi connectivity index (χ0n) is 12.1. The number of nitrogens with zero attached hydrogens (tertiary/aromatic N) is 7. The minimum atomic E-state index is 0.522. The Bertz CT molecular complexity index is 574. The molecule has 2 aromatic rings. The van der Waals surface area contributed by atoms with E-state index < -0.39 is 0 Å². The zero-order chi connectivity index (χ0) is 14.1. The van der Waals surface area contributed by atoms with Crippen LogP contribution in [0.1, 0.15) is 11.6 Å². The third-order valence-corrected chi connectivity index (χ3v) is 3.93. The lowest BCUT2D eigenvalue weighted by Gasteiger charge is -2.44. The summed E-state index contributed by atoms with van der Waals surface area (Å²) in [7, 11) is 4.13. The highest BCUT2D eigenvalue weighted by Gasteiger charge is 2.31. The van der Waals surface area contributed by atoms with Crippen molar-refractivity contribution >= 4 is 5.82 Å². The van der Waals surface area contributed by atoms with Crippen molar-refractivity contribution in [1.82, 2.24) is 29.6 Å². The Kier molecular flexibility index (Phi) is 3.35. The monoisotopic (exact) mass is 273 g/mol. The van der Waals surface area contributed by atoms with Gasteiger partial charge in [-0.15, -0.1) is 10.2 Å². The normalized spacial score (nSPS) is 15.7. The van der Waals surface area contributed by atoms with Gasteiger partial charge in [-0.1, -0.05) is 0 Å². The van der Waals surface area contributed by atoms with E-state index in [4.69, 9.17) is 0 Å². The topological polar surface area (TPSA) is 63.0 Å². The molecular weight excluding hydrogens is 254 g/mol. The Hall–Kier alpha value is -2.02. The van der Waals surface area contributed by atoms with E-state index in [2.05, 4.69) is 37.0 Å². The highest BCUT2D eigenvalue weighted by Crippen LogP contribution is 2.20. The van der Waals surface area contributed by atoms with E-state index in [9.17, 15) is 0 Å². The van der Waals surface area contributed by atoms with Gasteiger partial charge >= 0.3 is 0 Å². The lowest BCUT2D eigenvalue weighted by Crippen LogP contribution is -2.58. The van der Waals surface area contributed by atoms with Crippen LogP contribution in [0.25, 0.3) is 0 Å². The lowest BCUT2D eigenvalue weighted by atomic mass is 10.1. The fraction of sp³-hybridized carbons (Fsp3) is 0.538. The molecule has 0 amide bonds. The summed E-state index contributed by atoms with van der Waals surface area (Å²) in [6.07, 6.45) is 5.24. The fourth-order valence-corrected chi connectivity index (χ4v) is 2.32. The number of aryl methyl sites for hydroxylation is 1. The van der Waals surface area contributed by atoms with Gasteiger partial charge in [0.1, 0.15) is 17.5 Å². The first-order chi connectivity index (χ1) is 9.65. The fourth-order valence-electron chi connectivity index (χ4n) is 2.32. The maximum absolute atomic E-state index is 4.31. The largest absolute Gasteiger partial charge is 0.352 e. The van der Waals surface area contributed by atoms with Crippen molar-refractivity contribution in [3.05, 3.63) is 30.2 Å².